The molecule has 2 N–H and O–H groups in total. The number of amides is 1. The Morgan fingerprint density at radius 2 is 2.29 bits per heavy atom. The molecular formula is C16H21N3O4S. The van der Waals surface area contributed by atoms with Gasteiger partial charge in [0.15, 0.2) is 0 Å². The van der Waals surface area contributed by atoms with E-state index in [-0.39, 0.29) is 29.0 Å². The molecule has 0 bridgehead atoms. The monoisotopic (exact) mass is 351 g/mol. The van der Waals surface area contributed by atoms with Gasteiger partial charge in [-0.15, -0.1) is 6.58 Å². The molecule has 1 aliphatic rings. The van der Waals surface area contributed by atoms with Crippen molar-refractivity contribution in [2.75, 3.05) is 13.1 Å². The van der Waals surface area contributed by atoms with E-state index in [1.54, 1.807) is 12.1 Å². The molecular weight excluding hydrogens is 330 g/mol. The Bertz CT molecular complexity index is 743. The van der Waals surface area contributed by atoms with E-state index in [4.69, 9.17) is 4.84 Å². The van der Waals surface area contributed by atoms with Crippen LogP contribution in [-0.2, 0) is 14.9 Å². The van der Waals surface area contributed by atoms with Crippen molar-refractivity contribution in [2.45, 2.75) is 30.8 Å². The van der Waals surface area contributed by atoms with Crippen LogP contribution in [0.2, 0.25) is 0 Å². The highest BCUT2D eigenvalue weighted by Gasteiger charge is 2.23. The van der Waals surface area contributed by atoms with Gasteiger partial charge in [0.25, 0.3) is 5.91 Å². The molecule has 0 radical (unpaired) electrons. The Kier molecular flexibility index (Phi) is 6.10. The zero-order valence-corrected chi connectivity index (χ0v) is 14.3. The number of rotatable bonds is 8. The van der Waals surface area contributed by atoms with Crippen molar-refractivity contribution in [3.8, 4) is 0 Å². The van der Waals surface area contributed by atoms with Crippen LogP contribution in [0.5, 0.6) is 0 Å². The molecule has 0 spiro atoms. The number of nitrogens with zero attached hydrogens (tertiary/aromatic N) is 1. The van der Waals surface area contributed by atoms with Crippen molar-refractivity contribution in [3.63, 3.8) is 0 Å². The van der Waals surface area contributed by atoms with Crippen LogP contribution in [-0.4, -0.2) is 39.2 Å². The summed E-state index contributed by atoms with van der Waals surface area (Å²) in [5.74, 6) is -0.355. The molecule has 0 fully saturated rings. The molecule has 0 saturated carbocycles. The normalized spacial score (nSPS) is 17.0. The maximum Gasteiger partial charge on any atom is 0.251 e. The van der Waals surface area contributed by atoms with Gasteiger partial charge in [-0.2, -0.15) is 0 Å². The van der Waals surface area contributed by atoms with E-state index in [2.05, 4.69) is 21.8 Å². The van der Waals surface area contributed by atoms with E-state index in [1.165, 1.54) is 18.2 Å². The minimum absolute atomic E-state index is 0.0309. The largest absolute Gasteiger partial charge is 0.391 e. The molecule has 2 rings (SSSR count). The summed E-state index contributed by atoms with van der Waals surface area (Å²) < 4.78 is 27.3. The molecule has 1 aromatic carbocycles. The molecule has 8 heteroatoms. The summed E-state index contributed by atoms with van der Waals surface area (Å²) in [6.07, 6.45) is 2.65. The predicted molar refractivity (Wildman–Crippen MR) is 91.4 cm³/mol. The number of hydrogen-bond acceptors (Lipinski definition) is 5. The van der Waals surface area contributed by atoms with Crippen LogP contribution in [0.15, 0.2) is 47.0 Å². The van der Waals surface area contributed by atoms with Gasteiger partial charge < -0.3 is 10.2 Å². The van der Waals surface area contributed by atoms with Crippen LogP contribution in [0, 0.1) is 0 Å². The van der Waals surface area contributed by atoms with Gasteiger partial charge in [0.1, 0.15) is 6.10 Å². The zero-order valence-electron chi connectivity index (χ0n) is 13.5. The van der Waals surface area contributed by atoms with E-state index in [9.17, 15) is 13.2 Å². The fraction of sp³-hybridized carbons (Fsp3) is 0.375. The minimum Gasteiger partial charge on any atom is -0.391 e. The van der Waals surface area contributed by atoms with Gasteiger partial charge in [-0.25, -0.2) is 13.1 Å². The van der Waals surface area contributed by atoms with Gasteiger partial charge in [0, 0.05) is 18.5 Å². The van der Waals surface area contributed by atoms with Crippen molar-refractivity contribution in [1.82, 2.24) is 10.0 Å². The SMILES string of the molecule is C=CCNC(=O)c1cccc(S(=O)(=O)NC[C@H]2CC(CC)=NO2)c1. The number of benzene rings is 1. The van der Waals surface area contributed by atoms with Crippen molar-refractivity contribution in [3.05, 3.63) is 42.5 Å². The number of sulfonamides is 1. The van der Waals surface area contributed by atoms with Gasteiger partial charge in [-0.05, 0) is 24.6 Å². The highest BCUT2D eigenvalue weighted by atomic mass is 32.2. The van der Waals surface area contributed by atoms with E-state index >= 15 is 0 Å². The molecule has 1 amide bonds. The van der Waals surface area contributed by atoms with Crippen molar-refractivity contribution >= 4 is 21.6 Å². The van der Waals surface area contributed by atoms with Gasteiger partial charge in [-0.3, -0.25) is 4.79 Å². The van der Waals surface area contributed by atoms with Gasteiger partial charge >= 0.3 is 0 Å². The van der Waals surface area contributed by atoms with Gasteiger partial charge in [-0.1, -0.05) is 24.2 Å². The minimum atomic E-state index is -3.73. The van der Waals surface area contributed by atoms with Crippen LogP contribution in [0.3, 0.4) is 0 Å². The molecule has 1 aromatic rings. The summed E-state index contributed by atoms with van der Waals surface area (Å²) in [6.45, 7) is 5.92. The van der Waals surface area contributed by atoms with E-state index in [0.717, 1.165) is 12.1 Å². The van der Waals surface area contributed by atoms with Crippen LogP contribution in [0.4, 0.5) is 0 Å². The zero-order chi connectivity index (χ0) is 17.6. The van der Waals surface area contributed by atoms with E-state index < -0.39 is 10.0 Å². The fourth-order valence-electron chi connectivity index (χ4n) is 2.16. The average Bonchev–Trinajstić information content (AvgIpc) is 3.06. The Hall–Kier alpha value is -2.19. The molecule has 24 heavy (non-hydrogen) atoms. The van der Waals surface area contributed by atoms with Crippen LogP contribution >= 0.6 is 0 Å². The van der Waals surface area contributed by atoms with Gasteiger partial charge in [0.2, 0.25) is 10.0 Å². The summed E-state index contributed by atoms with van der Waals surface area (Å²) in [5.41, 5.74) is 1.19. The summed E-state index contributed by atoms with van der Waals surface area (Å²) in [4.78, 5) is 17.1. The molecule has 0 unspecified atom stereocenters. The summed E-state index contributed by atoms with van der Waals surface area (Å²) >= 11 is 0. The summed E-state index contributed by atoms with van der Waals surface area (Å²) in [7, 11) is -3.73. The predicted octanol–water partition coefficient (Wildman–Crippen LogP) is 1.44. The fourth-order valence-corrected chi connectivity index (χ4v) is 3.27. The molecule has 7 nitrogen and oxygen atoms in total. The van der Waals surface area contributed by atoms with Crippen LogP contribution in [0.1, 0.15) is 30.1 Å². The molecule has 0 aromatic heterocycles. The lowest BCUT2D eigenvalue weighted by molar-refractivity contribution is 0.0890. The lowest BCUT2D eigenvalue weighted by atomic mass is 10.1. The molecule has 1 heterocycles. The third-order valence-electron chi connectivity index (χ3n) is 3.52. The Morgan fingerprint density at radius 1 is 1.50 bits per heavy atom. The number of carbonyl (C=O) groups is 1. The Morgan fingerprint density at radius 3 is 2.96 bits per heavy atom. The number of carbonyl (C=O) groups excluding carboxylic acids is 1. The quantitative estimate of drug-likeness (QED) is 0.693. The number of nitrogens with one attached hydrogen (secondary N) is 2. The standard InChI is InChI=1S/C16H21N3O4S/c1-3-8-17-16(20)12-6-5-7-15(9-12)24(21,22)18-11-14-10-13(4-2)19-23-14/h3,5-7,9,14,18H,1,4,8,10-11H2,2H3,(H,17,20)/t14-/m1/s1. The topological polar surface area (TPSA) is 96.9 Å². The second-order valence-corrected chi connectivity index (χ2v) is 7.09. The first-order valence-corrected chi connectivity index (χ1v) is 9.15. The maximum absolute atomic E-state index is 12.4. The van der Waals surface area contributed by atoms with Crippen LogP contribution < -0.4 is 10.0 Å². The number of hydrogen-bond donors (Lipinski definition) is 2. The summed E-state index contributed by atoms with van der Waals surface area (Å²) in [6, 6.07) is 5.86. The first-order chi connectivity index (χ1) is 11.5. The molecule has 1 atom stereocenters. The molecule has 0 saturated heterocycles. The highest BCUT2D eigenvalue weighted by Crippen LogP contribution is 2.15. The second kappa shape index (κ2) is 8.07. The van der Waals surface area contributed by atoms with Gasteiger partial charge in [0.05, 0.1) is 17.2 Å². The molecule has 0 aliphatic carbocycles. The van der Waals surface area contributed by atoms with E-state index in [1.807, 2.05) is 6.92 Å². The average molecular weight is 351 g/mol. The maximum atomic E-state index is 12.4. The molecule has 130 valence electrons. The number of oxime groups is 1. The van der Waals surface area contributed by atoms with Crippen molar-refractivity contribution < 1.29 is 18.0 Å². The third kappa shape index (κ3) is 4.65. The van der Waals surface area contributed by atoms with Crippen molar-refractivity contribution in [2.24, 2.45) is 5.16 Å². The second-order valence-electron chi connectivity index (χ2n) is 5.32. The summed E-state index contributed by atoms with van der Waals surface area (Å²) in [5, 5.41) is 6.50. The first kappa shape index (κ1) is 18.2. The Balaban J connectivity index is 2.01. The smallest absolute Gasteiger partial charge is 0.251 e. The third-order valence-corrected chi connectivity index (χ3v) is 4.94. The molecule has 1 aliphatic heterocycles. The highest BCUT2D eigenvalue weighted by molar-refractivity contribution is 7.89. The first-order valence-electron chi connectivity index (χ1n) is 7.66. The van der Waals surface area contributed by atoms with E-state index in [0.29, 0.717) is 13.0 Å². The lowest BCUT2D eigenvalue weighted by Crippen LogP contribution is -2.32. The van der Waals surface area contributed by atoms with Crippen molar-refractivity contribution in [1.29, 1.82) is 0 Å². The van der Waals surface area contributed by atoms with Crippen LogP contribution in [0.25, 0.3) is 0 Å². The Labute approximate surface area is 141 Å². The lowest BCUT2D eigenvalue weighted by Gasteiger charge is -2.11.